The van der Waals surface area contributed by atoms with Gasteiger partial charge in [-0.15, -0.1) is 0 Å². The van der Waals surface area contributed by atoms with E-state index in [0.717, 1.165) is 23.4 Å². The first-order valence-corrected chi connectivity index (χ1v) is 6.77. The van der Waals surface area contributed by atoms with Crippen molar-refractivity contribution in [3.05, 3.63) is 53.5 Å². The van der Waals surface area contributed by atoms with Crippen molar-refractivity contribution >= 4 is 11.6 Å². The van der Waals surface area contributed by atoms with E-state index in [1.165, 1.54) is 0 Å². The molecule has 0 atom stereocenters. The van der Waals surface area contributed by atoms with Crippen molar-refractivity contribution in [2.24, 2.45) is 5.73 Å². The van der Waals surface area contributed by atoms with E-state index >= 15 is 0 Å². The molecular weight excluding hydrogens is 252 g/mol. The van der Waals surface area contributed by atoms with Gasteiger partial charge in [0.25, 0.3) is 5.91 Å². The van der Waals surface area contributed by atoms with Gasteiger partial charge in [-0.1, -0.05) is 12.1 Å². The number of carbonyl (C=O) groups is 1. The summed E-state index contributed by atoms with van der Waals surface area (Å²) in [6.07, 6.45) is 0.749. The Labute approximate surface area is 119 Å². The fourth-order valence-corrected chi connectivity index (χ4v) is 2.08. The summed E-state index contributed by atoms with van der Waals surface area (Å²) in [4.78, 5) is 14.3. The first kappa shape index (κ1) is 14.3. The Kier molecular flexibility index (Phi) is 4.58. The molecule has 2 N–H and O–H groups in total. The summed E-state index contributed by atoms with van der Waals surface area (Å²) in [6.45, 7) is 4.96. The van der Waals surface area contributed by atoms with Crippen LogP contribution in [0.5, 0.6) is 0 Å². The molecule has 0 saturated heterocycles. The molecule has 106 valence electrons. The van der Waals surface area contributed by atoms with E-state index in [0.29, 0.717) is 18.8 Å². The largest absolute Gasteiger partial charge is 0.456 e. The molecule has 0 saturated carbocycles. The second kappa shape index (κ2) is 6.39. The van der Waals surface area contributed by atoms with Gasteiger partial charge in [0.2, 0.25) is 0 Å². The Bertz CT molecular complexity index is 590. The van der Waals surface area contributed by atoms with E-state index in [-0.39, 0.29) is 5.91 Å². The van der Waals surface area contributed by atoms with Crippen LogP contribution in [0.1, 0.15) is 28.3 Å². The van der Waals surface area contributed by atoms with Crippen LogP contribution in [0.2, 0.25) is 0 Å². The molecule has 0 aliphatic rings. The van der Waals surface area contributed by atoms with E-state index < -0.39 is 0 Å². The van der Waals surface area contributed by atoms with Gasteiger partial charge in [0, 0.05) is 12.2 Å². The highest BCUT2D eigenvalue weighted by Gasteiger charge is 2.20. The second-order valence-corrected chi connectivity index (χ2v) is 4.85. The van der Waals surface area contributed by atoms with Crippen LogP contribution in [-0.4, -0.2) is 19.0 Å². The molecule has 20 heavy (non-hydrogen) atoms. The third kappa shape index (κ3) is 3.27. The molecule has 2 rings (SSSR count). The summed E-state index contributed by atoms with van der Waals surface area (Å²) >= 11 is 0. The first-order chi connectivity index (χ1) is 9.61. The minimum absolute atomic E-state index is 0.128. The van der Waals surface area contributed by atoms with Crippen molar-refractivity contribution in [3.8, 4) is 0 Å². The molecule has 0 fully saturated rings. The molecule has 4 nitrogen and oxygen atoms in total. The SMILES string of the molecule is Cc1cccc(N(CCCN)C(=O)c2ccc(C)o2)c1. The van der Waals surface area contributed by atoms with E-state index in [1.807, 2.05) is 38.1 Å². The highest BCUT2D eigenvalue weighted by molar-refractivity contribution is 6.04. The van der Waals surface area contributed by atoms with E-state index in [2.05, 4.69) is 0 Å². The van der Waals surface area contributed by atoms with Crippen molar-refractivity contribution in [3.63, 3.8) is 0 Å². The van der Waals surface area contributed by atoms with Gasteiger partial charge in [-0.05, 0) is 56.6 Å². The predicted molar refractivity (Wildman–Crippen MR) is 80.0 cm³/mol. The van der Waals surface area contributed by atoms with Crippen molar-refractivity contribution in [2.75, 3.05) is 18.0 Å². The molecule has 1 amide bonds. The van der Waals surface area contributed by atoms with Crippen molar-refractivity contribution in [1.29, 1.82) is 0 Å². The van der Waals surface area contributed by atoms with Crippen molar-refractivity contribution in [2.45, 2.75) is 20.3 Å². The number of anilines is 1. The number of nitrogens with two attached hydrogens (primary N) is 1. The number of hydrogen-bond acceptors (Lipinski definition) is 3. The lowest BCUT2D eigenvalue weighted by Crippen LogP contribution is -2.32. The molecule has 2 aromatic rings. The third-order valence-corrected chi connectivity index (χ3v) is 3.10. The Morgan fingerprint density at radius 1 is 1.25 bits per heavy atom. The molecule has 0 spiro atoms. The number of carbonyl (C=O) groups excluding carboxylic acids is 1. The van der Waals surface area contributed by atoms with Crippen LogP contribution in [0.25, 0.3) is 0 Å². The highest BCUT2D eigenvalue weighted by Crippen LogP contribution is 2.20. The zero-order valence-corrected chi connectivity index (χ0v) is 11.9. The molecule has 1 aromatic carbocycles. The van der Waals surface area contributed by atoms with Gasteiger partial charge in [0.1, 0.15) is 5.76 Å². The number of hydrogen-bond donors (Lipinski definition) is 1. The number of furan rings is 1. The molecule has 4 heteroatoms. The normalized spacial score (nSPS) is 10.6. The summed E-state index contributed by atoms with van der Waals surface area (Å²) in [5.41, 5.74) is 7.55. The van der Waals surface area contributed by atoms with E-state index in [9.17, 15) is 4.79 Å². The number of amides is 1. The van der Waals surface area contributed by atoms with Crippen LogP contribution >= 0.6 is 0 Å². The van der Waals surface area contributed by atoms with Crippen LogP contribution in [-0.2, 0) is 0 Å². The van der Waals surface area contributed by atoms with Gasteiger partial charge in [-0.3, -0.25) is 4.79 Å². The van der Waals surface area contributed by atoms with Gasteiger partial charge in [-0.25, -0.2) is 0 Å². The molecule has 0 unspecified atom stereocenters. The first-order valence-electron chi connectivity index (χ1n) is 6.77. The van der Waals surface area contributed by atoms with E-state index in [4.69, 9.17) is 10.2 Å². The predicted octanol–water partition coefficient (Wildman–Crippen LogP) is 2.89. The fourth-order valence-electron chi connectivity index (χ4n) is 2.08. The number of benzene rings is 1. The zero-order chi connectivity index (χ0) is 14.5. The minimum atomic E-state index is -0.128. The van der Waals surface area contributed by atoms with Crippen LogP contribution < -0.4 is 10.6 Å². The molecular formula is C16H20N2O2. The van der Waals surface area contributed by atoms with Gasteiger partial charge >= 0.3 is 0 Å². The monoisotopic (exact) mass is 272 g/mol. The maximum atomic E-state index is 12.6. The minimum Gasteiger partial charge on any atom is -0.456 e. The zero-order valence-electron chi connectivity index (χ0n) is 11.9. The Hall–Kier alpha value is -2.07. The average Bonchev–Trinajstić information content (AvgIpc) is 2.86. The fraction of sp³-hybridized carbons (Fsp3) is 0.312. The second-order valence-electron chi connectivity index (χ2n) is 4.85. The molecule has 0 aliphatic heterocycles. The van der Waals surface area contributed by atoms with Crippen LogP contribution in [0.3, 0.4) is 0 Å². The topological polar surface area (TPSA) is 59.5 Å². The quantitative estimate of drug-likeness (QED) is 0.910. The maximum Gasteiger partial charge on any atom is 0.293 e. The Balaban J connectivity index is 2.29. The molecule has 0 aliphatic carbocycles. The Morgan fingerprint density at radius 2 is 2.05 bits per heavy atom. The summed E-state index contributed by atoms with van der Waals surface area (Å²) in [6, 6.07) is 11.4. The maximum absolute atomic E-state index is 12.6. The standard InChI is InChI=1S/C16H20N2O2/c1-12-5-3-6-14(11-12)18(10-4-9-17)16(19)15-8-7-13(2)20-15/h3,5-8,11H,4,9-10,17H2,1-2H3. The van der Waals surface area contributed by atoms with E-state index in [1.54, 1.807) is 17.0 Å². The Morgan fingerprint density at radius 3 is 2.65 bits per heavy atom. The van der Waals surface area contributed by atoms with Crippen LogP contribution in [0.15, 0.2) is 40.8 Å². The molecule has 0 radical (unpaired) electrons. The number of aryl methyl sites for hydroxylation is 2. The number of nitrogens with zero attached hydrogens (tertiary/aromatic N) is 1. The molecule has 1 heterocycles. The van der Waals surface area contributed by atoms with Gasteiger partial charge in [0.15, 0.2) is 5.76 Å². The highest BCUT2D eigenvalue weighted by atomic mass is 16.3. The number of rotatable bonds is 5. The van der Waals surface area contributed by atoms with Crippen LogP contribution in [0.4, 0.5) is 5.69 Å². The van der Waals surface area contributed by atoms with Crippen molar-refractivity contribution < 1.29 is 9.21 Å². The summed E-state index contributed by atoms with van der Waals surface area (Å²) in [7, 11) is 0. The average molecular weight is 272 g/mol. The van der Waals surface area contributed by atoms with Gasteiger partial charge < -0.3 is 15.1 Å². The summed E-state index contributed by atoms with van der Waals surface area (Å²) in [5, 5.41) is 0. The molecule has 1 aromatic heterocycles. The smallest absolute Gasteiger partial charge is 0.293 e. The van der Waals surface area contributed by atoms with Gasteiger partial charge in [-0.2, -0.15) is 0 Å². The van der Waals surface area contributed by atoms with Gasteiger partial charge in [0.05, 0.1) is 0 Å². The third-order valence-electron chi connectivity index (χ3n) is 3.10. The lowest BCUT2D eigenvalue weighted by molar-refractivity contribution is 0.0959. The summed E-state index contributed by atoms with van der Waals surface area (Å²) in [5.74, 6) is 0.967. The lowest BCUT2D eigenvalue weighted by atomic mass is 10.2. The van der Waals surface area contributed by atoms with Crippen LogP contribution in [0, 0.1) is 13.8 Å². The lowest BCUT2D eigenvalue weighted by Gasteiger charge is -2.22. The summed E-state index contributed by atoms with van der Waals surface area (Å²) < 4.78 is 5.44. The van der Waals surface area contributed by atoms with Crippen molar-refractivity contribution in [1.82, 2.24) is 0 Å². The molecule has 0 bridgehead atoms.